The van der Waals surface area contributed by atoms with Gasteiger partial charge in [-0.3, -0.25) is 9.69 Å². The third kappa shape index (κ3) is 8.18. The molecule has 2 aliphatic rings. The first-order valence-electron chi connectivity index (χ1n) is 15.3. The van der Waals surface area contributed by atoms with Gasteiger partial charge in [0, 0.05) is 58.8 Å². The SMILES string of the molecule is COc1cc2c(cc1OCC1CCN(C(=O)OC(C)(C)C)C1)nc(N(COCC[Si](C)(C)C)C(C)=O)n2C1CCCC1. The number of benzene rings is 1. The second-order valence-corrected chi connectivity index (χ2v) is 19.5. The zero-order valence-electron chi connectivity index (χ0n) is 26.8. The van der Waals surface area contributed by atoms with E-state index in [9.17, 15) is 9.59 Å². The maximum Gasteiger partial charge on any atom is 0.410 e. The van der Waals surface area contributed by atoms with Gasteiger partial charge in [-0.1, -0.05) is 32.5 Å². The second-order valence-electron chi connectivity index (χ2n) is 13.9. The molecule has 1 aliphatic carbocycles. The molecular weight excluding hydrogens is 552 g/mol. The molecule has 1 aliphatic heterocycles. The Hall–Kier alpha value is -2.79. The van der Waals surface area contributed by atoms with Crippen molar-refractivity contribution in [1.29, 1.82) is 0 Å². The number of carbonyl (C=O) groups excluding carboxylic acids is 2. The van der Waals surface area contributed by atoms with Gasteiger partial charge >= 0.3 is 6.09 Å². The van der Waals surface area contributed by atoms with Crippen molar-refractivity contribution in [3.63, 3.8) is 0 Å². The van der Waals surface area contributed by atoms with E-state index in [0.29, 0.717) is 43.8 Å². The Morgan fingerprint density at radius 2 is 1.81 bits per heavy atom. The summed E-state index contributed by atoms with van der Waals surface area (Å²) < 4.78 is 25.8. The van der Waals surface area contributed by atoms with Gasteiger partial charge in [-0.15, -0.1) is 0 Å². The summed E-state index contributed by atoms with van der Waals surface area (Å²) >= 11 is 0. The molecule has 0 N–H and O–H groups in total. The summed E-state index contributed by atoms with van der Waals surface area (Å²) in [4.78, 5) is 33.8. The van der Waals surface area contributed by atoms with Gasteiger partial charge in [-0.2, -0.15) is 0 Å². The van der Waals surface area contributed by atoms with E-state index in [0.717, 1.165) is 49.2 Å². The van der Waals surface area contributed by atoms with Gasteiger partial charge in [0.2, 0.25) is 11.9 Å². The highest BCUT2D eigenvalue weighted by atomic mass is 28.3. The van der Waals surface area contributed by atoms with Crippen LogP contribution in [0.5, 0.6) is 11.5 Å². The van der Waals surface area contributed by atoms with Crippen LogP contribution in [0.25, 0.3) is 11.0 Å². The molecule has 1 aromatic heterocycles. The van der Waals surface area contributed by atoms with E-state index in [1.165, 1.54) is 0 Å². The first-order valence-corrected chi connectivity index (χ1v) is 19.0. The molecule has 234 valence electrons. The molecule has 2 aromatic rings. The molecule has 42 heavy (non-hydrogen) atoms. The number of fused-ring (bicyclic) bond motifs is 1. The van der Waals surface area contributed by atoms with Crippen LogP contribution in [0.2, 0.25) is 25.7 Å². The fourth-order valence-electron chi connectivity index (χ4n) is 5.57. The molecule has 0 bridgehead atoms. The Morgan fingerprint density at radius 1 is 1.10 bits per heavy atom. The number of anilines is 1. The molecule has 1 atom stereocenters. The third-order valence-corrected chi connectivity index (χ3v) is 9.60. The summed E-state index contributed by atoms with van der Waals surface area (Å²) in [6.07, 6.45) is 4.94. The fraction of sp³-hybridized carbons (Fsp3) is 0.710. The highest BCUT2D eigenvalue weighted by molar-refractivity contribution is 6.76. The van der Waals surface area contributed by atoms with Crippen molar-refractivity contribution in [1.82, 2.24) is 14.5 Å². The van der Waals surface area contributed by atoms with Gasteiger partial charge in [0.05, 0.1) is 24.8 Å². The lowest BCUT2D eigenvalue weighted by Crippen LogP contribution is -2.35. The van der Waals surface area contributed by atoms with Crippen molar-refractivity contribution < 1.29 is 28.5 Å². The minimum Gasteiger partial charge on any atom is -0.493 e. The van der Waals surface area contributed by atoms with Gasteiger partial charge in [0.1, 0.15) is 12.3 Å². The standard InChI is InChI=1S/C31H50N4O6Si/c1-22(36)34(21-39-15-16-42(6,7)8)29-32-25-17-28(27(38-5)18-26(25)35(29)24-11-9-10-12-24)40-20-23-13-14-33(19-23)30(37)41-31(2,3)4/h17-18,23-24H,9-16,19-21H2,1-8H3. The fourth-order valence-corrected chi connectivity index (χ4v) is 6.32. The summed E-state index contributed by atoms with van der Waals surface area (Å²) in [6, 6.07) is 5.17. The molecule has 1 unspecified atom stereocenters. The van der Waals surface area contributed by atoms with E-state index in [1.807, 2.05) is 32.9 Å². The van der Waals surface area contributed by atoms with E-state index in [-0.39, 0.29) is 30.7 Å². The van der Waals surface area contributed by atoms with Crippen molar-refractivity contribution in [2.75, 3.05) is 45.0 Å². The Bertz CT molecular complexity index is 1240. The number of carbonyl (C=O) groups is 2. The lowest BCUT2D eigenvalue weighted by Gasteiger charge is -2.25. The predicted octanol–water partition coefficient (Wildman–Crippen LogP) is 6.46. The third-order valence-electron chi connectivity index (χ3n) is 7.90. The van der Waals surface area contributed by atoms with Gasteiger partial charge in [0.25, 0.3) is 0 Å². The quantitative estimate of drug-likeness (QED) is 0.165. The second kappa shape index (κ2) is 13.2. The smallest absolute Gasteiger partial charge is 0.410 e. The number of imidazole rings is 1. The van der Waals surface area contributed by atoms with E-state index >= 15 is 0 Å². The predicted molar refractivity (Wildman–Crippen MR) is 167 cm³/mol. The highest BCUT2D eigenvalue weighted by Gasteiger charge is 2.31. The first kappa shape index (κ1) is 32.1. The van der Waals surface area contributed by atoms with Crippen LogP contribution in [0, 0.1) is 5.92 Å². The van der Waals surface area contributed by atoms with Crippen LogP contribution in [-0.4, -0.2) is 80.3 Å². The monoisotopic (exact) mass is 602 g/mol. The van der Waals surface area contributed by atoms with Crippen LogP contribution in [-0.2, 0) is 14.3 Å². The lowest BCUT2D eigenvalue weighted by atomic mass is 10.1. The average Bonchev–Trinajstić information content (AvgIpc) is 3.64. The van der Waals surface area contributed by atoms with Crippen LogP contribution < -0.4 is 14.4 Å². The van der Waals surface area contributed by atoms with Gasteiger partial charge < -0.3 is 28.4 Å². The number of amides is 2. The highest BCUT2D eigenvalue weighted by Crippen LogP contribution is 2.40. The van der Waals surface area contributed by atoms with Crippen LogP contribution in [0.1, 0.15) is 65.8 Å². The van der Waals surface area contributed by atoms with E-state index < -0.39 is 13.7 Å². The number of nitrogens with zero attached hydrogens (tertiary/aromatic N) is 4. The maximum absolute atomic E-state index is 12.9. The van der Waals surface area contributed by atoms with Gasteiger partial charge in [-0.25, -0.2) is 9.78 Å². The van der Waals surface area contributed by atoms with Crippen LogP contribution in [0.4, 0.5) is 10.7 Å². The molecule has 2 heterocycles. The van der Waals surface area contributed by atoms with Crippen molar-refractivity contribution in [3.05, 3.63) is 12.1 Å². The Balaban J connectivity index is 1.55. The molecular formula is C31H50N4O6Si. The van der Waals surface area contributed by atoms with Crippen molar-refractivity contribution in [2.45, 2.75) is 97.1 Å². The minimum atomic E-state index is -1.25. The van der Waals surface area contributed by atoms with Crippen LogP contribution in [0.15, 0.2) is 12.1 Å². The van der Waals surface area contributed by atoms with E-state index in [1.54, 1.807) is 23.8 Å². The molecule has 4 rings (SSSR count). The number of methoxy groups -OCH3 is 1. The molecule has 0 spiro atoms. The topological polar surface area (TPSA) is 95.4 Å². The maximum atomic E-state index is 12.9. The zero-order chi connectivity index (χ0) is 30.7. The summed E-state index contributed by atoms with van der Waals surface area (Å²) in [5.74, 6) is 1.92. The Labute approximate surface area is 251 Å². The van der Waals surface area contributed by atoms with Crippen LogP contribution in [0.3, 0.4) is 0 Å². The molecule has 10 nitrogen and oxygen atoms in total. The molecule has 2 amide bonds. The van der Waals surface area contributed by atoms with E-state index in [2.05, 4.69) is 24.2 Å². The largest absolute Gasteiger partial charge is 0.493 e. The van der Waals surface area contributed by atoms with E-state index in [4.69, 9.17) is 23.9 Å². The number of likely N-dealkylation sites (tertiary alicyclic amines) is 1. The molecule has 1 saturated heterocycles. The number of aromatic nitrogens is 2. The summed E-state index contributed by atoms with van der Waals surface area (Å²) in [5, 5.41) is 0. The summed E-state index contributed by atoms with van der Waals surface area (Å²) in [5.41, 5.74) is 1.15. The lowest BCUT2D eigenvalue weighted by molar-refractivity contribution is -0.117. The van der Waals surface area contributed by atoms with Crippen LogP contribution >= 0.6 is 0 Å². The normalized spacial score (nSPS) is 18.1. The van der Waals surface area contributed by atoms with Gasteiger partial charge in [0.15, 0.2) is 11.5 Å². The number of ether oxygens (including phenoxy) is 4. The summed E-state index contributed by atoms with van der Waals surface area (Å²) in [7, 11) is 0.387. The molecule has 1 aromatic carbocycles. The Morgan fingerprint density at radius 3 is 2.43 bits per heavy atom. The first-order chi connectivity index (χ1) is 19.8. The average molecular weight is 603 g/mol. The molecule has 0 radical (unpaired) electrons. The number of hydrogen-bond donors (Lipinski definition) is 0. The molecule has 11 heteroatoms. The molecule has 1 saturated carbocycles. The zero-order valence-corrected chi connectivity index (χ0v) is 27.8. The Kier molecular flexibility index (Phi) is 10.1. The number of hydrogen-bond acceptors (Lipinski definition) is 7. The van der Waals surface area contributed by atoms with Crippen molar-refractivity contribution >= 4 is 37.1 Å². The van der Waals surface area contributed by atoms with Crippen molar-refractivity contribution in [2.24, 2.45) is 5.92 Å². The minimum absolute atomic E-state index is 0.100. The summed E-state index contributed by atoms with van der Waals surface area (Å²) in [6.45, 7) is 16.6. The molecule has 2 fully saturated rings. The number of rotatable bonds is 11. The van der Waals surface area contributed by atoms with Gasteiger partial charge in [-0.05, 0) is 46.1 Å². The van der Waals surface area contributed by atoms with Crippen molar-refractivity contribution in [3.8, 4) is 11.5 Å².